The molecule has 0 aliphatic carbocycles. The van der Waals surface area contributed by atoms with Gasteiger partial charge in [0, 0.05) is 62.2 Å². The molecule has 0 spiro atoms. The minimum atomic E-state index is -0.379. The smallest absolute Gasteiger partial charge is 0.225 e. The van der Waals surface area contributed by atoms with E-state index in [1.54, 1.807) is 6.07 Å². The molecule has 0 unspecified atom stereocenters. The van der Waals surface area contributed by atoms with Crippen LogP contribution in [0.1, 0.15) is 51.4 Å². The fraction of sp³-hybridized carbons (Fsp3) is 0.680. The summed E-state index contributed by atoms with van der Waals surface area (Å²) < 4.78 is 11.6. The van der Waals surface area contributed by atoms with Gasteiger partial charge in [-0.1, -0.05) is 17.7 Å². The molecule has 4 rings (SSSR count). The van der Waals surface area contributed by atoms with E-state index >= 15 is 0 Å². The molecule has 0 aromatic heterocycles. The van der Waals surface area contributed by atoms with E-state index in [4.69, 9.17) is 21.1 Å². The number of ether oxygens (including phenoxy) is 2. The summed E-state index contributed by atoms with van der Waals surface area (Å²) in [6.45, 7) is 4.73. The number of amides is 2. The van der Waals surface area contributed by atoms with Crippen LogP contribution in [0, 0.1) is 11.3 Å². The first kappa shape index (κ1) is 23.4. The number of hydrogen-bond acceptors (Lipinski definition) is 4. The van der Waals surface area contributed by atoms with E-state index in [1.165, 1.54) is 6.42 Å². The highest BCUT2D eigenvalue weighted by molar-refractivity contribution is 6.30. The van der Waals surface area contributed by atoms with Crippen LogP contribution in [-0.2, 0) is 14.3 Å². The van der Waals surface area contributed by atoms with Crippen molar-refractivity contribution in [3.05, 3.63) is 29.3 Å². The summed E-state index contributed by atoms with van der Waals surface area (Å²) in [5.74, 6) is 1.15. The molecule has 0 saturated carbocycles. The van der Waals surface area contributed by atoms with Gasteiger partial charge in [0.1, 0.15) is 5.75 Å². The number of carbonyl (C=O) groups excluding carboxylic acids is 2. The predicted molar refractivity (Wildman–Crippen MR) is 124 cm³/mol. The molecule has 1 aromatic rings. The zero-order valence-corrected chi connectivity index (χ0v) is 19.7. The van der Waals surface area contributed by atoms with Gasteiger partial charge in [0.2, 0.25) is 11.8 Å². The molecule has 1 atom stereocenters. The maximum Gasteiger partial charge on any atom is 0.225 e. The number of piperidine rings is 2. The lowest BCUT2D eigenvalue weighted by atomic mass is 9.76. The van der Waals surface area contributed by atoms with Gasteiger partial charge in [-0.2, -0.15) is 0 Å². The first-order valence-corrected chi connectivity index (χ1v) is 12.5. The molecule has 2 amide bonds. The van der Waals surface area contributed by atoms with Gasteiger partial charge in [-0.15, -0.1) is 0 Å². The van der Waals surface area contributed by atoms with Crippen molar-refractivity contribution in [3.8, 4) is 5.75 Å². The van der Waals surface area contributed by atoms with Crippen LogP contribution in [0.4, 0.5) is 0 Å². The highest BCUT2D eigenvalue weighted by Gasteiger charge is 2.42. The zero-order valence-electron chi connectivity index (χ0n) is 18.9. The van der Waals surface area contributed by atoms with Crippen molar-refractivity contribution < 1.29 is 19.1 Å². The summed E-state index contributed by atoms with van der Waals surface area (Å²) >= 11 is 6.13. The van der Waals surface area contributed by atoms with E-state index in [9.17, 15) is 9.59 Å². The van der Waals surface area contributed by atoms with Crippen LogP contribution in [0.5, 0.6) is 5.75 Å². The number of nitrogens with zero attached hydrogens (tertiary/aromatic N) is 2. The minimum absolute atomic E-state index is 0.0335. The van der Waals surface area contributed by atoms with Crippen LogP contribution in [0.15, 0.2) is 24.3 Å². The molecule has 3 aliphatic heterocycles. The molecule has 6 nitrogen and oxygen atoms in total. The van der Waals surface area contributed by atoms with E-state index in [0.29, 0.717) is 43.6 Å². The molecule has 176 valence electrons. The number of likely N-dealkylation sites (tertiary alicyclic amines) is 2. The van der Waals surface area contributed by atoms with Crippen LogP contribution >= 0.6 is 11.6 Å². The second-order valence-corrected chi connectivity index (χ2v) is 10.1. The van der Waals surface area contributed by atoms with E-state index in [1.807, 2.05) is 28.0 Å². The summed E-state index contributed by atoms with van der Waals surface area (Å²) in [5, 5.41) is 0.626. The molecule has 0 bridgehead atoms. The Balaban J connectivity index is 1.48. The quantitative estimate of drug-likeness (QED) is 0.637. The number of hydrogen-bond donors (Lipinski definition) is 0. The molecule has 3 heterocycles. The number of rotatable bonds is 6. The fourth-order valence-corrected chi connectivity index (χ4v) is 5.46. The van der Waals surface area contributed by atoms with Crippen LogP contribution in [0.3, 0.4) is 0 Å². The Morgan fingerprint density at radius 2 is 1.81 bits per heavy atom. The van der Waals surface area contributed by atoms with E-state index < -0.39 is 0 Å². The minimum Gasteiger partial charge on any atom is -0.493 e. The van der Waals surface area contributed by atoms with Crippen LogP contribution < -0.4 is 4.74 Å². The van der Waals surface area contributed by atoms with E-state index in [0.717, 1.165) is 58.2 Å². The fourth-order valence-electron chi connectivity index (χ4n) is 5.28. The predicted octanol–water partition coefficient (Wildman–Crippen LogP) is 4.16. The van der Waals surface area contributed by atoms with Gasteiger partial charge in [0.05, 0.1) is 6.61 Å². The number of halogens is 1. The van der Waals surface area contributed by atoms with E-state index in [-0.39, 0.29) is 23.1 Å². The average molecular weight is 463 g/mol. The Morgan fingerprint density at radius 1 is 1.06 bits per heavy atom. The van der Waals surface area contributed by atoms with Crippen molar-refractivity contribution in [2.45, 2.75) is 51.4 Å². The third-order valence-electron chi connectivity index (χ3n) is 7.12. The lowest BCUT2D eigenvalue weighted by molar-refractivity contribution is -0.146. The maximum atomic E-state index is 13.3. The van der Waals surface area contributed by atoms with E-state index in [2.05, 4.69) is 0 Å². The Hall–Kier alpha value is -1.79. The molecular formula is C25H35ClN2O4. The SMILES string of the molecule is O=C(C[C@]1(COc2cccc(Cl)c2)CCCN(C(=O)C2CCOCC2)C1)N1CCCCC1. The largest absolute Gasteiger partial charge is 0.493 e. The van der Waals surface area contributed by atoms with Crippen LogP contribution in [0.2, 0.25) is 5.02 Å². The van der Waals surface area contributed by atoms with Crippen molar-refractivity contribution in [2.24, 2.45) is 11.3 Å². The third-order valence-corrected chi connectivity index (χ3v) is 7.35. The summed E-state index contributed by atoms with van der Waals surface area (Å²) in [7, 11) is 0. The lowest BCUT2D eigenvalue weighted by Crippen LogP contribution is -2.52. The van der Waals surface area contributed by atoms with Gasteiger partial charge in [-0.25, -0.2) is 0 Å². The first-order chi connectivity index (χ1) is 15.5. The standard InChI is InChI=1S/C25H35ClN2O4/c26-21-6-4-7-22(16-21)32-19-25(17-23(29)27-11-2-1-3-12-27)10-5-13-28(18-25)24(30)20-8-14-31-15-9-20/h4,6-7,16,20H,1-3,5,8-15,17-19H2/t25-/m1/s1. The van der Waals surface area contributed by atoms with Gasteiger partial charge >= 0.3 is 0 Å². The molecule has 3 fully saturated rings. The highest BCUT2D eigenvalue weighted by atomic mass is 35.5. The third kappa shape index (κ3) is 5.96. The van der Waals surface area contributed by atoms with Crippen molar-refractivity contribution in [1.29, 1.82) is 0 Å². The Morgan fingerprint density at radius 3 is 2.56 bits per heavy atom. The second-order valence-electron chi connectivity index (χ2n) is 9.61. The Labute approximate surface area is 196 Å². The van der Waals surface area contributed by atoms with Crippen molar-refractivity contribution >= 4 is 23.4 Å². The number of carbonyl (C=O) groups is 2. The lowest BCUT2D eigenvalue weighted by Gasteiger charge is -2.44. The van der Waals surface area contributed by atoms with Crippen LogP contribution in [0.25, 0.3) is 0 Å². The van der Waals surface area contributed by atoms with Crippen LogP contribution in [-0.4, -0.2) is 67.6 Å². The average Bonchev–Trinajstić information content (AvgIpc) is 2.84. The molecule has 3 aliphatic rings. The highest BCUT2D eigenvalue weighted by Crippen LogP contribution is 2.37. The second kappa shape index (κ2) is 10.9. The number of benzene rings is 1. The first-order valence-electron chi connectivity index (χ1n) is 12.1. The van der Waals surface area contributed by atoms with Gasteiger partial charge in [-0.05, 0) is 63.1 Å². The molecule has 1 aromatic carbocycles. The van der Waals surface area contributed by atoms with Gasteiger partial charge < -0.3 is 19.3 Å². The molecule has 0 radical (unpaired) electrons. The Bertz CT molecular complexity index is 792. The summed E-state index contributed by atoms with van der Waals surface area (Å²) in [5.41, 5.74) is -0.379. The van der Waals surface area contributed by atoms with Gasteiger partial charge in [0.25, 0.3) is 0 Å². The van der Waals surface area contributed by atoms with Gasteiger partial charge in [0.15, 0.2) is 0 Å². The van der Waals surface area contributed by atoms with Crippen molar-refractivity contribution in [2.75, 3.05) is 46.0 Å². The molecule has 7 heteroatoms. The topological polar surface area (TPSA) is 59.1 Å². The normalized spacial score (nSPS) is 24.9. The van der Waals surface area contributed by atoms with Crippen molar-refractivity contribution in [1.82, 2.24) is 9.80 Å². The van der Waals surface area contributed by atoms with Gasteiger partial charge in [-0.3, -0.25) is 9.59 Å². The zero-order chi connectivity index (χ0) is 22.4. The molecule has 3 saturated heterocycles. The molecule has 0 N–H and O–H groups in total. The monoisotopic (exact) mass is 462 g/mol. The van der Waals surface area contributed by atoms with Crippen molar-refractivity contribution in [3.63, 3.8) is 0 Å². The Kier molecular flexibility index (Phi) is 7.95. The summed E-state index contributed by atoms with van der Waals surface area (Å²) in [6, 6.07) is 7.37. The summed E-state index contributed by atoms with van der Waals surface area (Å²) in [6.07, 6.45) is 7.11. The summed E-state index contributed by atoms with van der Waals surface area (Å²) in [4.78, 5) is 30.5. The molecule has 32 heavy (non-hydrogen) atoms. The maximum absolute atomic E-state index is 13.3. The molecular weight excluding hydrogens is 428 g/mol.